The summed E-state index contributed by atoms with van der Waals surface area (Å²) >= 11 is 1.54. The first-order valence-electron chi connectivity index (χ1n) is 8.06. The van der Waals surface area contributed by atoms with E-state index < -0.39 is 0 Å². The number of rotatable bonds is 5. The quantitative estimate of drug-likeness (QED) is 0.904. The van der Waals surface area contributed by atoms with Gasteiger partial charge in [0.15, 0.2) is 0 Å². The van der Waals surface area contributed by atoms with E-state index in [9.17, 15) is 4.79 Å². The Kier molecular flexibility index (Phi) is 5.19. The van der Waals surface area contributed by atoms with E-state index in [1.807, 2.05) is 0 Å². The largest absolute Gasteiger partial charge is 0.378 e. The van der Waals surface area contributed by atoms with Gasteiger partial charge in [0, 0.05) is 18.9 Å². The first-order chi connectivity index (χ1) is 10.3. The molecule has 2 heterocycles. The van der Waals surface area contributed by atoms with Gasteiger partial charge < -0.3 is 10.1 Å². The second-order valence-corrected chi connectivity index (χ2v) is 7.01. The molecule has 3 rings (SSSR count). The highest BCUT2D eigenvalue weighted by atomic mass is 32.1. The average Bonchev–Trinajstić information content (AvgIpc) is 3.17. The predicted octanol–water partition coefficient (Wildman–Crippen LogP) is 3.48. The zero-order valence-electron chi connectivity index (χ0n) is 12.3. The lowest BCUT2D eigenvalue weighted by Crippen LogP contribution is -2.15. The van der Waals surface area contributed by atoms with E-state index in [0.717, 1.165) is 30.9 Å². The molecular weight excluding hydrogens is 286 g/mol. The lowest BCUT2D eigenvalue weighted by molar-refractivity contribution is -0.116. The van der Waals surface area contributed by atoms with Crippen LogP contribution in [-0.2, 0) is 9.53 Å². The molecule has 21 heavy (non-hydrogen) atoms. The van der Waals surface area contributed by atoms with Gasteiger partial charge in [0.2, 0.25) is 11.0 Å². The van der Waals surface area contributed by atoms with Crippen LogP contribution in [0.2, 0.25) is 0 Å². The molecule has 6 heteroatoms. The first-order valence-corrected chi connectivity index (χ1v) is 8.88. The molecule has 1 aliphatic carbocycles. The zero-order chi connectivity index (χ0) is 14.5. The normalized spacial score (nSPS) is 23.3. The molecule has 116 valence electrons. The van der Waals surface area contributed by atoms with Crippen LogP contribution in [0.5, 0.6) is 0 Å². The Balaban J connectivity index is 1.45. The van der Waals surface area contributed by atoms with Gasteiger partial charge in [0.1, 0.15) is 5.01 Å². The van der Waals surface area contributed by atoms with Gasteiger partial charge in [-0.2, -0.15) is 0 Å². The van der Waals surface area contributed by atoms with Gasteiger partial charge in [0.05, 0.1) is 6.10 Å². The highest BCUT2D eigenvalue weighted by Crippen LogP contribution is 2.35. The van der Waals surface area contributed by atoms with Crippen LogP contribution in [0.15, 0.2) is 0 Å². The summed E-state index contributed by atoms with van der Waals surface area (Å²) < 4.78 is 5.53. The van der Waals surface area contributed by atoms with Gasteiger partial charge >= 0.3 is 0 Å². The zero-order valence-corrected chi connectivity index (χ0v) is 13.2. The Labute approximate surface area is 129 Å². The summed E-state index contributed by atoms with van der Waals surface area (Å²) in [5.41, 5.74) is 0. The summed E-state index contributed by atoms with van der Waals surface area (Å²) in [6, 6.07) is 0. The molecule has 1 aromatic heterocycles. The number of carbonyl (C=O) groups excluding carboxylic acids is 1. The van der Waals surface area contributed by atoms with Crippen molar-refractivity contribution in [2.24, 2.45) is 0 Å². The van der Waals surface area contributed by atoms with Crippen LogP contribution in [0.4, 0.5) is 5.13 Å². The number of ether oxygens (including phenoxy) is 1. The Morgan fingerprint density at radius 1 is 1.19 bits per heavy atom. The van der Waals surface area contributed by atoms with Gasteiger partial charge in [-0.15, -0.1) is 10.2 Å². The van der Waals surface area contributed by atoms with Crippen molar-refractivity contribution in [3.8, 4) is 0 Å². The molecule has 1 aromatic rings. The maximum Gasteiger partial charge on any atom is 0.226 e. The molecule has 2 aliphatic rings. The second-order valence-electron chi connectivity index (χ2n) is 6.00. The van der Waals surface area contributed by atoms with Crippen molar-refractivity contribution in [1.82, 2.24) is 10.2 Å². The summed E-state index contributed by atoms with van der Waals surface area (Å²) in [6.45, 7) is 0.841. The van der Waals surface area contributed by atoms with Crippen LogP contribution in [0.1, 0.15) is 68.7 Å². The molecule has 0 radical (unpaired) electrons. The fourth-order valence-electron chi connectivity index (χ4n) is 3.15. The van der Waals surface area contributed by atoms with Crippen LogP contribution in [0.3, 0.4) is 0 Å². The van der Waals surface area contributed by atoms with Crippen molar-refractivity contribution in [2.75, 3.05) is 11.9 Å². The summed E-state index contributed by atoms with van der Waals surface area (Å²) in [5.74, 6) is 0.575. The molecule has 1 aliphatic heterocycles. The molecule has 0 bridgehead atoms. The molecule has 1 saturated carbocycles. The molecule has 1 atom stereocenters. The predicted molar refractivity (Wildman–Crippen MR) is 82.6 cm³/mol. The lowest BCUT2D eigenvalue weighted by atomic mass is 9.90. The van der Waals surface area contributed by atoms with Crippen molar-refractivity contribution in [3.63, 3.8) is 0 Å². The van der Waals surface area contributed by atoms with E-state index in [-0.39, 0.29) is 12.0 Å². The molecule has 0 spiro atoms. The highest BCUT2D eigenvalue weighted by molar-refractivity contribution is 7.15. The summed E-state index contributed by atoms with van der Waals surface area (Å²) in [5, 5.41) is 13.0. The standard InChI is InChI=1S/C15H23N3O2S/c19-13(9-8-12-7-4-10-20-12)16-15-18-17-14(21-15)11-5-2-1-3-6-11/h11-12H,1-10H2,(H,16,18,19)/t12-/m1/s1. The Bertz CT molecular complexity index is 465. The topological polar surface area (TPSA) is 64.1 Å². The van der Waals surface area contributed by atoms with E-state index in [0.29, 0.717) is 17.5 Å². The number of anilines is 1. The smallest absolute Gasteiger partial charge is 0.226 e. The summed E-state index contributed by atoms with van der Waals surface area (Å²) in [4.78, 5) is 11.9. The van der Waals surface area contributed by atoms with E-state index in [4.69, 9.17) is 4.74 Å². The third kappa shape index (κ3) is 4.23. The number of hydrogen-bond acceptors (Lipinski definition) is 5. The Morgan fingerprint density at radius 2 is 2.05 bits per heavy atom. The number of hydrogen-bond donors (Lipinski definition) is 1. The van der Waals surface area contributed by atoms with Crippen molar-refractivity contribution >= 4 is 22.4 Å². The van der Waals surface area contributed by atoms with Gasteiger partial charge in [-0.25, -0.2) is 0 Å². The molecule has 2 fully saturated rings. The van der Waals surface area contributed by atoms with E-state index in [1.54, 1.807) is 11.3 Å². The second kappa shape index (κ2) is 7.31. The fraction of sp³-hybridized carbons (Fsp3) is 0.800. The number of amides is 1. The minimum absolute atomic E-state index is 0.0249. The monoisotopic (exact) mass is 309 g/mol. The Hall–Kier alpha value is -1.01. The van der Waals surface area contributed by atoms with Crippen LogP contribution < -0.4 is 5.32 Å². The fourth-order valence-corrected chi connectivity index (χ4v) is 4.07. The van der Waals surface area contributed by atoms with Crippen LogP contribution in [0, 0.1) is 0 Å². The van der Waals surface area contributed by atoms with E-state index in [2.05, 4.69) is 15.5 Å². The minimum atomic E-state index is 0.0249. The first kappa shape index (κ1) is 14.9. The summed E-state index contributed by atoms with van der Waals surface area (Å²) in [6.07, 6.45) is 10.1. The molecule has 5 nitrogen and oxygen atoms in total. The van der Waals surface area contributed by atoms with Crippen LogP contribution in [0.25, 0.3) is 0 Å². The van der Waals surface area contributed by atoms with Gasteiger partial charge in [-0.3, -0.25) is 4.79 Å². The van der Waals surface area contributed by atoms with E-state index >= 15 is 0 Å². The maximum atomic E-state index is 11.9. The third-order valence-corrected chi connectivity index (χ3v) is 5.36. The molecule has 1 N–H and O–H groups in total. The molecule has 1 saturated heterocycles. The third-order valence-electron chi connectivity index (χ3n) is 4.36. The minimum Gasteiger partial charge on any atom is -0.378 e. The Morgan fingerprint density at radius 3 is 2.81 bits per heavy atom. The number of aromatic nitrogens is 2. The molecule has 0 unspecified atom stereocenters. The summed E-state index contributed by atoms with van der Waals surface area (Å²) in [7, 11) is 0. The van der Waals surface area contributed by atoms with Crippen molar-refractivity contribution in [3.05, 3.63) is 5.01 Å². The number of nitrogens with one attached hydrogen (secondary N) is 1. The van der Waals surface area contributed by atoms with Crippen LogP contribution in [-0.4, -0.2) is 28.8 Å². The molecular formula is C15H23N3O2S. The lowest BCUT2D eigenvalue weighted by Gasteiger charge is -2.18. The van der Waals surface area contributed by atoms with Crippen LogP contribution >= 0.6 is 11.3 Å². The number of carbonyl (C=O) groups is 1. The van der Waals surface area contributed by atoms with Gasteiger partial charge in [-0.1, -0.05) is 30.6 Å². The average molecular weight is 309 g/mol. The van der Waals surface area contributed by atoms with Crippen molar-refractivity contribution < 1.29 is 9.53 Å². The maximum absolute atomic E-state index is 11.9. The molecule has 1 amide bonds. The van der Waals surface area contributed by atoms with Crippen molar-refractivity contribution in [1.29, 1.82) is 0 Å². The van der Waals surface area contributed by atoms with Gasteiger partial charge in [-0.05, 0) is 32.1 Å². The molecule has 0 aromatic carbocycles. The van der Waals surface area contributed by atoms with Crippen molar-refractivity contribution in [2.45, 2.75) is 69.8 Å². The highest BCUT2D eigenvalue weighted by Gasteiger charge is 2.21. The number of nitrogens with zero attached hydrogens (tertiary/aromatic N) is 2. The SMILES string of the molecule is O=C(CC[C@H]1CCCO1)Nc1nnc(C2CCCCC2)s1. The van der Waals surface area contributed by atoms with Gasteiger partial charge in [0.25, 0.3) is 0 Å². The van der Waals surface area contributed by atoms with E-state index in [1.165, 1.54) is 32.1 Å².